The summed E-state index contributed by atoms with van der Waals surface area (Å²) in [7, 11) is 0. The van der Waals surface area contributed by atoms with Gasteiger partial charge in [0.25, 0.3) is 0 Å². The van der Waals surface area contributed by atoms with Crippen molar-refractivity contribution in [2.24, 2.45) is 0 Å². The maximum atomic E-state index is 13.7. The Morgan fingerprint density at radius 1 is 1.16 bits per heavy atom. The molecule has 1 fully saturated rings. The summed E-state index contributed by atoms with van der Waals surface area (Å²) in [4.78, 5) is 14.3. The number of hydrogen-bond donors (Lipinski definition) is 1. The lowest BCUT2D eigenvalue weighted by Gasteiger charge is -2.36. The van der Waals surface area contributed by atoms with Crippen LogP contribution in [-0.4, -0.2) is 30.4 Å². The number of aryl methyl sites for hydroxylation is 1. The minimum absolute atomic E-state index is 0.0756. The third kappa shape index (κ3) is 4.02. The van der Waals surface area contributed by atoms with Gasteiger partial charge in [-0.1, -0.05) is 24.3 Å². The predicted molar refractivity (Wildman–Crippen MR) is 88.4 cm³/mol. The van der Waals surface area contributed by atoms with Crippen LogP contribution < -0.4 is 5.32 Å². The highest BCUT2D eigenvalue weighted by Crippen LogP contribution is 2.24. The third-order valence-corrected chi connectivity index (χ3v) is 4.44. The zero-order valence-electron chi connectivity index (χ0n) is 13.6. The van der Waals surface area contributed by atoms with Gasteiger partial charge in [0, 0.05) is 26.1 Å². The van der Waals surface area contributed by atoms with Gasteiger partial charge in [-0.15, -0.1) is 0 Å². The van der Waals surface area contributed by atoms with Gasteiger partial charge in [0.05, 0.1) is 6.04 Å². The van der Waals surface area contributed by atoms with Crippen molar-refractivity contribution >= 4 is 5.91 Å². The summed E-state index contributed by atoms with van der Waals surface area (Å²) in [5.41, 5.74) is 0.906. The summed E-state index contributed by atoms with van der Waals surface area (Å²) < 4.78 is 40.5. The van der Waals surface area contributed by atoms with E-state index in [9.17, 15) is 18.0 Å². The average molecular weight is 348 g/mol. The summed E-state index contributed by atoms with van der Waals surface area (Å²) in [6.07, 6.45) is 0.203. The van der Waals surface area contributed by atoms with Gasteiger partial charge in [-0.25, -0.2) is 13.2 Å². The molecule has 1 N–H and O–H groups in total. The zero-order chi connectivity index (χ0) is 17.8. The maximum absolute atomic E-state index is 13.7. The van der Waals surface area contributed by atoms with Crippen LogP contribution in [0.25, 0.3) is 0 Å². The number of piperazine rings is 1. The molecule has 0 saturated carbocycles. The van der Waals surface area contributed by atoms with Gasteiger partial charge in [-0.2, -0.15) is 0 Å². The minimum Gasteiger partial charge on any atom is -0.333 e. The van der Waals surface area contributed by atoms with E-state index >= 15 is 0 Å². The highest BCUT2D eigenvalue weighted by molar-refractivity contribution is 5.77. The Morgan fingerprint density at radius 2 is 1.96 bits per heavy atom. The van der Waals surface area contributed by atoms with E-state index in [0.29, 0.717) is 19.6 Å². The highest BCUT2D eigenvalue weighted by Gasteiger charge is 2.28. The molecule has 1 atom stereocenters. The fourth-order valence-electron chi connectivity index (χ4n) is 3.14. The first-order valence-corrected chi connectivity index (χ1v) is 8.25. The molecule has 6 heteroatoms. The van der Waals surface area contributed by atoms with E-state index in [1.165, 1.54) is 24.3 Å². The van der Waals surface area contributed by atoms with Gasteiger partial charge in [-0.3, -0.25) is 4.79 Å². The predicted octanol–water partition coefficient (Wildman–Crippen LogP) is 3.21. The number of nitrogens with zero attached hydrogens (tertiary/aromatic N) is 1. The zero-order valence-corrected chi connectivity index (χ0v) is 13.6. The molecule has 0 aliphatic carbocycles. The van der Waals surface area contributed by atoms with Crippen molar-refractivity contribution in [2.45, 2.75) is 18.9 Å². The van der Waals surface area contributed by atoms with Crippen molar-refractivity contribution in [3.05, 3.63) is 71.0 Å². The Bertz CT molecular complexity index is 766. The van der Waals surface area contributed by atoms with Gasteiger partial charge in [0.2, 0.25) is 5.91 Å². The van der Waals surface area contributed by atoms with Gasteiger partial charge in [-0.05, 0) is 35.7 Å². The van der Waals surface area contributed by atoms with Gasteiger partial charge in [0.1, 0.15) is 5.82 Å². The molecule has 3 nitrogen and oxygen atoms in total. The summed E-state index contributed by atoms with van der Waals surface area (Å²) in [5.74, 6) is -2.32. The number of rotatable bonds is 4. The van der Waals surface area contributed by atoms with Crippen molar-refractivity contribution in [3.8, 4) is 0 Å². The van der Waals surface area contributed by atoms with Gasteiger partial charge >= 0.3 is 0 Å². The topological polar surface area (TPSA) is 32.3 Å². The second-order valence-electron chi connectivity index (χ2n) is 6.08. The largest absolute Gasteiger partial charge is 0.333 e. The van der Waals surface area contributed by atoms with Crippen molar-refractivity contribution in [1.82, 2.24) is 10.2 Å². The summed E-state index contributed by atoms with van der Waals surface area (Å²) in [5, 5.41) is 3.20. The molecule has 1 amide bonds. The molecule has 132 valence electrons. The highest BCUT2D eigenvalue weighted by atomic mass is 19.2. The molecule has 2 aromatic rings. The van der Waals surface area contributed by atoms with E-state index in [2.05, 4.69) is 5.32 Å². The van der Waals surface area contributed by atoms with Crippen LogP contribution in [-0.2, 0) is 11.2 Å². The van der Waals surface area contributed by atoms with Gasteiger partial charge in [0.15, 0.2) is 11.6 Å². The minimum atomic E-state index is -0.912. The molecule has 3 rings (SSSR count). The van der Waals surface area contributed by atoms with E-state index in [1.54, 1.807) is 17.0 Å². The van der Waals surface area contributed by atoms with E-state index in [0.717, 1.165) is 11.6 Å². The van der Waals surface area contributed by atoms with Crippen molar-refractivity contribution in [1.29, 1.82) is 0 Å². The lowest BCUT2D eigenvalue weighted by molar-refractivity contribution is -0.134. The Labute approximate surface area is 144 Å². The van der Waals surface area contributed by atoms with Crippen molar-refractivity contribution in [3.63, 3.8) is 0 Å². The molecule has 1 aliphatic rings. The Kier molecular flexibility index (Phi) is 5.38. The Balaban J connectivity index is 1.72. The lowest BCUT2D eigenvalue weighted by Crippen LogP contribution is -2.48. The van der Waals surface area contributed by atoms with E-state index in [1.807, 2.05) is 0 Å². The number of carbonyl (C=O) groups excluding carboxylic acids is 1. The first-order valence-electron chi connectivity index (χ1n) is 8.25. The molecular formula is C19H19F3N2O. The fraction of sp³-hybridized carbons (Fsp3) is 0.316. The summed E-state index contributed by atoms with van der Waals surface area (Å²) >= 11 is 0. The molecule has 0 radical (unpaired) electrons. The van der Waals surface area contributed by atoms with Crippen molar-refractivity contribution < 1.29 is 18.0 Å². The van der Waals surface area contributed by atoms with E-state index in [-0.39, 0.29) is 36.2 Å². The molecule has 1 heterocycles. The van der Waals surface area contributed by atoms with Crippen molar-refractivity contribution in [2.75, 3.05) is 19.6 Å². The van der Waals surface area contributed by atoms with Crippen LogP contribution in [0.1, 0.15) is 23.6 Å². The monoisotopic (exact) mass is 348 g/mol. The molecule has 0 spiro atoms. The third-order valence-electron chi connectivity index (χ3n) is 4.44. The van der Waals surface area contributed by atoms with E-state index < -0.39 is 11.6 Å². The number of amides is 1. The summed E-state index contributed by atoms with van der Waals surface area (Å²) in [6, 6.07) is 9.87. The molecule has 0 bridgehead atoms. The second kappa shape index (κ2) is 7.70. The van der Waals surface area contributed by atoms with Crippen LogP contribution in [0.15, 0.2) is 42.5 Å². The molecular weight excluding hydrogens is 329 g/mol. The first kappa shape index (κ1) is 17.5. The van der Waals surface area contributed by atoms with Crippen LogP contribution in [0, 0.1) is 17.5 Å². The maximum Gasteiger partial charge on any atom is 0.223 e. The number of benzene rings is 2. The number of carbonyl (C=O) groups is 1. The van der Waals surface area contributed by atoms with Crippen LogP contribution in [0.5, 0.6) is 0 Å². The van der Waals surface area contributed by atoms with Crippen LogP contribution >= 0.6 is 0 Å². The molecule has 1 saturated heterocycles. The van der Waals surface area contributed by atoms with Crippen LogP contribution in [0.2, 0.25) is 0 Å². The molecule has 1 unspecified atom stereocenters. The standard InChI is InChI=1S/C19H19F3N2O/c20-15-5-1-4-14(11-15)17-12-23-9-10-24(17)18(25)8-7-13-3-2-6-16(21)19(13)22/h1-6,11,17,23H,7-10,12H2. The number of halogens is 3. The van der Waals surface area contributed by atoms with Gasteiger partial charge < -0.3 is 10.2 Å². The average Bonchev–Trinajstić information content (AvgIpc) is 2.63. The summed E-state index contributed by atoms with van der Waals surface area (Å²) in [6.45, 7) is 1.67. The first-order chi connectivity index (χ1) is 12.1. The Morgan fingerprint density at radius 3 is 2.76 bits per heavy atom. The SMILES string of the molecule is O=C(CCc1cccc(F)c1F)N1CCNCC1c1cccc(F)c1. The molecule has 25 heavy (non-hydrogen) atoms. The number of hydrogen-bond acceptors (Lipinski definition) is 2. The molecule has 1 aliphatic heterocycles. The fourth-order valence-corrected chi connectivity index (χ4v) is 3.14. The quantitative estimate of drug-likeness (QED) is 0.920. The van der Waals surface area contributed by atoms with Crippen LogP contribution in [0.3, 0.4) is 0 Å². The lowest BCUT2D eigenvalue weighted by atomic mass is 10.0. The Hall–Kier alpha value is -2.34. The second-order valence-corrected chi connectivity index (χ2v) is 6.08. The molecule has 2 aromatic carbocycles. The number of nitrogens with one attached hydrogen (secondary N) is 1. The smallest absolute Gasteiger partial charge is 0.223 e. The van der Waals surface area contributed by atoms with E-state index in [4.69, 9.17) is 0 Å². The normalized spacial score (nSPS) is 17.6. The molecule has 0 aromatic heterocycles. The van der Waals surface area contributed by atoms with Crippen LogP contribution in [0.4, 0.5) is 13.2 Å².